The first kappa shape index (κ1) is 16.6. The fourth-order valence-corrected chi connectivity index (χ4v) is 4.45. The topological polar surface area (TPSA) is 12.5 Å². The second kappa shape index (κ2) is 7.21. The smallest absolute Gasteiger partial charge is 0.122 e. The zero-order chi connectivity index (χ0) is 18.1. The molecule has 0 spiro atoms. The Kier molecular flexibility index (Phi) is 4.43. The van der Waals surface area contributed by atoms with Crippen LogP contribution < -0.4 is 4.74 Å². The van der Waals surface area contributed by atoms with Crippen molar-refractivity contribution in [3.8, 4) is 16.9 Å². The van der Waals surface area contributed by atoms with Gasteiger partial charge < -0.3 is 4.74 Å². The van der Waals surface area contributed by atoms with E-state index in [1.807, 2.05) is 0 Å². The molecule has 1 atom stereocenters. The van der Waals surface area contributed by atoms with Gasteiger partial charge >= 0.3 is 0 Å². The lowest BCUT2D eigenvalue weighted by molar-refractivity contribution is 0.248. The molecule has 2 heterocycles. The van der Waals surface area contributed by atoms with Crippen molar-refractivity contribution in [1.82, 2.24) is 4.90 Å². The van der Waals surface area contributed by atoms with E-state index in [0.29, 0.717) is 6.04 Å². The minimum absolute atomic E-state index is 0.508. The highest BCUT2D eigenvalue weighted by atomic mass is 16.5. The quantitative estimate of drug-likeness (QED) is 0.602. The van der Waals surface area contributed by atoms with Gasteiger partial charge in [0.15, 0.2) is 0 Å². The molecule has 2 aliphatic rings. The van der Waals surface area contributed by atoms with Crippen molar-refractivity contribution >= 4 is 0 Å². The molecule has 0 radical (unpaired) electrons. The molecule has 27 heavy (non-hydrogen) atoms. The van der Waals surface area contributed by atoms with Gasteiger partial charge in [0.05, 0.1) is 6.61 Å². The van der Waals surface area contributed by atoms with Crippen LogP contribution in [0.5, 0.6) is 5.75 Å². The number of hydrogen-bond donors (Lipinski definition) is 0. The fourth-order valence-electron chi connectivity index (χ4n) is 4.45. The van der Waals surface area contributed by atoms with Crippen molar-refractivity contribution < 1.29 is 4.74 Å². The van der Waals surface area contributed by atoms with E-state index in [4.69, 9.17) is 4.74 Å². The number of benzene rings is 3. The highest BCUT2D eigenvalue weighted by molar-refractivity contribution is 5.63. The van der Waals surface area contributed by atoms with Crippen molar-refractivity contribution in [2.45, 2.75) is 31.8 Å². The highest BCUT2D eigenvalue weighted by Gasteiger charge is 2.27. The summed E-state index contributed by atoms with van der Waals surface area (Å²) in [7, 11) is 0. The molecule has 1 fully saturated rings. The Morgan fingerprint density at radius 1 is 0.889 bits per heavy atom. The third kappa shape index (κ3) is 3.38. The fraction of sp³-hybridized carbons (Fsp3) is 0.280. The van der Waals surface area contributed by atoms with Gasteiger partial charge in [-0.1, -0.05) is 66.7 Å². The molecule has 1 saturated heterocycles. The molecule has 0 aromatic heterocycles. The van der Waals surface area contributed by atoms with Crippen LogP contribution in [0.15, 0.2) is 72.8 Å². The van der Waals surface area contributed by atoms with Crippen molar-refractivity contribution in [3.05, 3.63) is 89.5 Å². The average molecular weight is 355 g/mol. The van der Waals surface area contributed by atoms with Crippen molar-refractivity contribution in [2.24, 2.45) is 0 Å². The van der Waals surface area contributed by atoms with Crippen molar-refractivity contribution in [1.29, 1.82) is 0 Å². The van der Waals surface area contributed by atoms with Crippen LogP contribution in [0.4, 0.5) is 0 Å². The van der Waals surface area contributed by atoms with E-state index in [0.717, 1.165) is 25.3 Å². The van der Waals surface area contributed by atoms with Crippen LogP contribution in [-0.2, 0) is 13.0 Å². The van der Waals surface area contributed by atoms with E-state index in [9.17, 15) is 0 Å². The van der Waals surface area contributed by atoms with Gasteiger partial charge in [0.2, 0.25) is 0 Å². The van der Waals surface area contributed by atoms with Crippen LogP contribution in [0.1, 0.15) is 35.6 Å². The summed E-state index contributed by atoms with van der Waals surface area (Å²) < 4.78 is 5.79. The Balaban J connectivity index is 1.32. The number of hydrogen-bond acceptors (Lipinski definition) is 2. The summed E-state index contributed by atoms with van der Waals surface area (Å²) >= 11 is 0. The molecule has 0 N–H and O–H groups in total. The Labute approximate surface area is 161 Å². The molecule has 0 aliphatic carbocycles. The summed E-state index contributed by atoms with van der Waals surface area (Å²) in [5.41, 5.74) is 6.72. The third-order valence-corrected chi connectivity index (χ3v) is 5.92. The Hall–Kier alpha value is -2.58. The largest absolute Gasteiger partial charge is 0.493 e. The number of ether oxygens (including phenoxy) is 1. The van der Waals surface area contributed by atoms with Gasteiger partial charge in [0.1, 0.15) is 5.75 Å². The lowest BCUT2D eigenvalue weighted by Crippen LogP contribution is -2.22. The van der Waals surface area contributed by atoms with E-state index in [1.54, 1.807) is 0 Å². The standard InChI is InChI=1S/C25H25NO/c1-2-5-20(6-3-1)21-10-8-19(9-11-21)18-26-15-4-7-24(26)23-13-12-22-14-16-27-25(22)17-23/h1-3,5-6,8-13,17,24H,4,7,14-16,18H2. The zero-order valence-electron chi connectivity index (χ0n) is 15.6. The minimum Gasteiger partial charge on any atom is -0.493 e. The van der Waals surface area contributed by atoms with E-state index in [2.05, 4.69) is 77.7 Å². The van der Waals surface area contributed by atoms with E-state index in [-0.39, 0.29) is 0 Å². The summed E-state index contributed by atoms with van der Waals surface area (Å²) in [5.74, 6) is 1.10. The third-order valence-electron chi connectivity index (χ3n) is 5.92. The van der Waals surface area contributed by atoms with Gasteiger partial charge in [-0.3, -0.25) is 4.90 Å². The van der Waals surface area contributed by atoms with Gasteiger partial charge in [-0.2, -0.15) is 0 Å². The second-order valence-electron chi connectivity index (χ2n) is 7.66. The maximum atomic E-state index is 5.79. The molecular formula is C25H25NO. The van der Waals surface area contributed by atoms with Crippen LogP contribution in [0.3, 0.4) is 0 Å². The highest BCUT2D eigenvalue weighted by Crippen LogP contribution is 2.37. The SMILES string of the molecule is c1ccc(-c2ccc(CN3CCCC3c3ccc4c(c3)OCC4)cc2)cc1. The van der Waals surface area contributed by atoms with Crippen LogP contribution in [-0.4, -0.2) is 18.1 Å². The molecule has 2 aliphatic heterocycles. The first-order valence-electron chi connectivity index (χ1n) is 10.0. The van der Waals surface area contributed by atoms with Crippen LogP contribution >= 0.6 is 0 Å². The van der Waals surface area contributed by atoms with Gasteiger partial charge in [-0.15, -0.1) is 0 Å². The summed E-state index contributed by atoms with van der Waals surface area (Å²) in [6.07, 6.45) is 3.56. The zero-order valence-corrected chi connectivity index (χ0v) is 15.6. The normalized spacial score (nSPS) is 19.0. The number of nitrogens with zero attached hydrogens (tertiary/aromatic N) is 1. The maximum absolute atomic E-state index is 5.79. The lowest BCUT2D eigenvalue weighted by atomic mass is 10.0. The molecule has 1 unspecified atom stereocenters. The number of likely N-dealkylation sites (tertiary alicyclic amines) is 1. The van der Waals surface area contributed by atoms with E-state index < -0.39 is 0 Å². The Morgan fingerprint density at radius 3 is 2.56 bits per heavy atom. The Morgan fingerprint density at radius 2 is 1.70 bits per heavy atom. The van der Waals surface area contributed by atoms with Gasteiger partial charge in [0.25, 0.3) is 0 Å². The average Bonchev–Trinajstić information content (AvgIpc) is 3.38. The van der Waals surface area contributed by atoms with Gasteiger partial charge in [0, 0.05) is 19.0 Å². The van der Waals surface area contributed by atoms with E-state index in [1.165, 1.54) is 47.2 Å². The summed E-state index contributed by atoms with van der Waals surface area (Å²) in [5, 5.41) is 0. The Bertz CT molecular complexity index is 917. The molecule has 0 saturated carbocycles. The minimum atomic E-state index is 0.508. The number of rotatable bonds is 4. The molecular weight excluding hydrogens is 330 g/mol. The predicted molar refractivity (Wildman–Crippen MR) is 110 cm³/mol. The van der Waals surface area contributed by atoms with Crippen molar-refractivity contribution in [2.75, 3.05) is 13.2 Å². The molecule has 0 amide bonds. The summed E-state index contributed by atoms with van der Waals surface area (Å²) in [6, 6.07) is 27.0. The second-order valence-corrected chi connectivity index (χ2v) is 7.66. The molecule has 3 aromatic carbocycles. The summed E-state index contributed by atoms with van der Waals surface area (Å²) in [4.78, 5) is 2.62. The van der Waals surface area contributed by atoms with Crippen LogP contribution in [0.25, 0.3) is 11.1 Å². The molecule has 2 nitrogen and oxygen atoms in total. The molecule has 136 valence electrons. The first-order chi connectivity index (χ1) is 13.4. The molecule has 3 aromatic rings. The summed E-state index contributed by atoms with van der Waals surface area (Å²) in [6.45, 7) is 3.02. The monoisotopic (exact) mass is 355 g/mol. The maximum Gasteiger partial charge on any atom is 0.122 e. The first-order valence-corrected chi connectivity index (χ1v) is 10.0. The van der Waals surface area contributed by atoms with Gasteiger partial charge in [-0.25, -0.2) is 0 Å². The van der Waals surface area contributed by atoms with Crippen LogP contribution in [0, 0.1) is 0 Å². The molecule has 0 bridgehead atoms. The number of fused-ring (bicyclic) bond motifs is 1. The van der Waals surface area contributed by atoms with Crippen LogP contribution in [0.2, 0.25) is 0 Å². The van der Waals surface area contributed by atoms with Crippen molar-refractivity contribution in [3.63, 3.8) is 0 Å². The molecule has 2 heteroatoms. The van der Waals surface area contributed by atoms with Gasteiger partial charge in [-0.05, 0) is 53.3 Å². The molecule has 5 rings (SSSR count). The predicted octanol–water partition coefficient (Wildman–Crippen LogP) is 5.63. The van der Waals surface area contributed by atoms with E-state index >= 15 is 0 Å². The lowest BCUT2D eigenvalue weighted by Gasteiger charge is -2.25.